The molecule has 154 valence electrons. The topological polar surface area (TPSA) is 65.6 Å². The van der Waals surface area contributed by atoms with E-state index in [1.807, 2.05) is 62.4 Å². The number of nitrogens with zero attached hydrogens (tertiary/aromatic N) is 4. The molecular weight excluding hydrogens is 384 g/mol. The van der Waals surface area contributed by atoms with Crippen LogP contribution in [0.3, 0.4) is 0 Å². The normalized spacial score (nSPS) is 29.7. The van der Waals surface area contributed by atoms with Crippen LogP contribution in [0.1, 0.15) is 22.3 Å². The highest BCUT2D eigenvalue weighted by molar-refractivity contribution is 5.90. The average Bonchev–Trinajstić information content (AvgIpc) is 3.15. The fourth-order valence-electron chi connectivity index (χ4n) is 5.53. The Labute approximate surface area is 174 Å². The summed E-state index contributed by atoms with van der Waals surface area (Å²) in [5, 5.41) is 0. The van der Waals surface area contributed by atoms with E-state index in [2.05, 4.69) is 0 Å². The van der Waals surface area contributed by atoms with E-state index >= 15 is 0 Å². The second-order valence-corrected chi connectivity index (χ2v) is 8.28. The van der Waals surface area contributed by atoms with E-state index in [0.29, 0.717) is 0 Å². The van der Waals surface area contributed by atoms with Gasteiger partial charge in [0.2, 0.25) is 0 Å². The van der Waals surface area contributed by atoms with Crippen LogP contribution in [0, 0.1) is 13.8 Å². The maximum absolute atomic E-state index is 13.7. The van der Waals surface area contributed by atoms with Crippen LogP contribution in [0.25, 0.3) is 0 Å². The van der Waals surface area contributed by atoms with Gasteiger partial charge in [-0.3, -0.25) is 19.6 Å². The lowest BCUT2D eigenvalue weighted by molar-refractivity contribution is -0.210. The van der Waals surface area contributed by atoms with Gasteiger partial charge in [-0.1, -0.05) is 59.7 Å². The maximum Gasteiger partial charge on any atom is 0.328 e. The number of hydrogen-bond acceptors (Lipinski definition) is 4. The molecule has 30 heavy (non-hydrogen) atoms. The highest BCUT2D eigenvalue weighted by atomic mass is 16.5. The molecule has 8 heteroatoms. The van der Waals surface area contributed by atoms with Gasteiger partial charge in [0.05, 0.1) is 0 Å². The van der Waals surface area contributed by atoms with Crippen LogP contribution in [-0.2, 0) is 20.8 Å². The molecule has 8 nitrogen and oxygen atoms in total. The molecule has 2 aromatic carbocycles. The maximum atomic E-state index is 13.7. The highest BCUT2D eigenvalue weighted by Gasteiger charge is 2.82. The van der Waals surface area contributed by atoms with Crippen LogP contribution < -0.4 is 0 Å². The molecule has 4 fully saturated rings. The van der Waals surface area contributed by atoms with Crippen molar-refractivity contribution >= 4 is 12.1 Å². The number of urea groups is 2. The second-order valence-electron chi connectivity index (χ2n) is 8.28. The van der Waals surface area contributed by atoms with Gasteiger partial charge in [0.15, 0.2) is 11.3 Å². The molecule has 0 aliphatic carbocycles. The van der Waals surface area contributed by atoms with E-state index in [0.717, 1.165) is 22.3 Å². The molecule has 0 unspecified atom stereocenters. The van der Waals surface area contributed by atoms with Crippen molar-refractivity contribution in [3.05, 3.63) is 70.8 Å². The van der Waals surface area contributed by atoms with E-state index < -0.39 is 11.3 Å². The Bertz CT molecular complexity index is 938. The minimum absolute atomic E-state index is 0.106. The number of amides is 4. The molecule has 4 heterocycles. The summed E-state index contributed by atoms with van der Waals surface area (Å²) < 4.78 is 11.4. The minimum atomic E-state index is -1.05. The molecule has 0 spiro atoms. The number of benzene rings is 2. The van der Waals surface area contributed by atoms with Crippen molar-refractivity contribution in [3.8, 4) is 0 Å². The third kappa shape index (κ3) is 1.76. The molecule has 2 aromatic rings. The minimum Gasteiger partial charge on any atom is -0.340 e. The van der Waals surface area contributed by atoms with Gasteiger partial charge < -0.3 is 9.47 Å². The van der Waals surface area contributed by atoms with Gasteiger partial charge in [-0.25, -0.2) is 9.59 Å². The lowest BCUT2D eigenvalue weighted by atomic mass is 9.79. The first-order valence-corrected chi connectivity index (χ1v) is 10.0. The van der Waals surface area contributed by atoms with Crippen LogP contribution in [0.5, 0.6) is 0 Å². The van der Waals surface area contributed by atoms with Gasteiger partial charge in [-0.2, -0.15) is 0 Å². The third-order valence-electron chi connectivity index (χ3n) is 6.76. The highest BCUT2D eigenvalue weighted by Crippen LogP contribution is 2.63. The lowest BCUT2D eigenvalue weighted by Gasteiger charge is -2.52. The lowest BCUT2D eigenvalue weighted by Crippen LogP contribution is -2.67. The largest absolute Gasteiger partial charge is 0.340 e. The Kier molecular flexibility index (Phi) is 3.39. The summed E-state index contributed by atoms with van der Waals surface area (Å²) in [5.74, 6) is 0. The standard InChI is InChI=1S/C22H22N4O4/c1-15-3-7-17(8-4-15)21-22(18-9-5-16(2)6-10-18)25-13-30-14-26(22)20(28)24(21)12-29-11-23(21)19(25)27/h3-10H,11-14H2,1-2H3. The molecule has 0 radical (unpaired) electrons. The van der Waals surface area contributed by atoms with Crippen LogP contribution in [0.15, 0.2) is 48.5 Å². The number of rotatable bonds is 2. The van der Waals surface area contributed by atoms with Gasteiger partial charge >= 0.3 is 12.1 Å². The molecule has 6 rings (SSSR count). The van der Waals surface area contributed by atoms with Crippen molar-refractivity contribution in [3.63, 3.8) is 0 Å². The Hall–Kier alpha value is -3.10. The molecule has 4 amide bonds. The molecule has 0 atom stereocenters. The van der Waals surface area contributed by atoms with Crippen molar-refractivity contribution in [2.75, 3.05) is 26.9 Å². The van der Waals surface area contributed by atoms with E-state index in [1.165, 1.54) is 0 Å². The summed E-state index contributed by atoms with van der Waals surface area (Å²) in [6, 6.07) is 15.7. The second kappa shape index (κ2) is 5.74. The fraction of sp³-hybridized carbons (Fsp3) is 0.364. The first kappa shape index (κ1) is 17.7. The van der Waals surface area contributed by atoms with Crippen molar-refractivity contribution in [2.45, 2.75) is 25.2 Å². The zero-order valence-corrected chi connectivity index (χ0v) is 16.9. The SMILES string of the molecule is Cc1ccc(C23N4COCN2C(=O)N2COCN(C4=O)C23c2ccc(C)cc2)cc1. The van der Waals surface area contributed by atoms with Crippen molar-refractivity contribution in [1.29, 1.82) is 0 Å². The predicted octanol–water partition coefficient (Wildman–Crippen LogP) is 2.67. The van der Waals surface area contributed by atoms with Gasteiger partial charge in [-0.05, 0) is 13.8 Å². The summed E-state index contributed by atoms with van der Waals surface area (Å²) in [6.07, 6.45) is 0. The van der Waals surface area contributed by atoms with E-state index in [4.69, 9.17) is 9.47 Å². The number of hydrogen-bond donors (Lipinski definition) is 0. The first-order chi connectivity index (χ1) is 14.5. The Morgan fingerprint density at radius 1 is 0.600 bits per heavy atom. The zero-order valence-electron chi connectivity index (χ0n) is 16.9. The first-order valence-electron chi connectivity index (χ1n) is 10.0. The van der Waals surface area contributed by atoms with Crippen molar-refractivity contribution < 1.29 is 19.1 Å². The molecular formula is C22H22N4O4. The average molecular weight is 406 g/mol. The molecule has 4 aliphatic rings. The summed E-state index contributed by atoms with van der Waals surface area (Å²) in [7, 11) is 0. The molecule has 0 aromatic heterocycles. The Morgan fingerprint density at radius 2 is 0.900 bits per heavy atom. The fourth-order valence-corrected chi connectivity index (χ4v) is 5.53. The van der Waals surface area contributed by atoms with E-state index in [9.17, 15) is 9.59 Å². The summed E-state index contributed by atoms with van der Waals surface area (Å²) in [6.45, 7) is 4.47. The van der Waals surface area contributed by atoms with Crippen LogP contribution in [0.2, 0.25) is 0 Å². The van der Waals surface area contributed by atoms with Crippen molar-refractivity contribution in [1.82, 2.24) is 19.6 Å². The molecule has 4 saturated heterocycles. The Balaban J connectivity index is 1.74. The summed E-state index contributed by atoms with van der Waals surface area (Å²) in [4.78, 5) is 34.0. The zero-order chi connectivity index (χ0) is 20.7. The number of aryl methyl sites for hydroxylation is 2. The molecule has 0 N–H and O–H groups in total. The van der Waals surface area contributed by atoms with Crippen molar-refractivity contribution in [2.24, 2.45) is 0 Å². The van der Waals surface area contributed by atoms with Crippen LogP contribution >= 0.6 is 0 Å². The summed E-state index contributed by atoms with van der Waals surface area (Å²) >= 11 is 0. The van der Waals surface area contributed by atoms with Gasteiger partial charge in [0.25, 0.3) is 0 Å². The number of carbonyl (C=O) groups excluding carboxylic acids is 2. The van der Waals surface area contributed by atoms with Gasteiger partial charge in [-0.15, -0.1) is 0 Å². The van der Waals surface area contributed by atoms with E-state index in [1.54, 1.807) is 19.6 Å². The predicted molar refractivity (Wildman–Crippen MR) is 106 cm³/mol. The van der Waals surface area contributed by atoms with Gasteiger partial charge in [0, 0.05) is 11.1 Å². The van der Waals surface area contributed by atoms with Gasteiger partial charge in [0.1, 0.15) is 26.9 Å². The summed E-state index contributed by atoms with van der Waals surface area (Å²) in [5.41, 5.74) is 1.88. The molecule has 0 bridgehead atoms. The van der Waals surface area contributed by atoms with Crippen LogP contribution in [0.4, 0.5) is 9.59 Å². The quantitative estimate of drug-likeness (QED) is 0.769. The smallest absolute Gasteiger partial charge is 0.328 e. The van der Waals surface area contributed by atoms with E-state index in [-0.39, 0.29) is 39.0 Å². The molecule has 4 aliphatic heterocycles. The third-order valence-corrected chi connectivity index (χ3v) is 6.76. The monoisotopic (exact) mass is 406 g/mol. The van der Waals surface area contributed by atoms with Crippen LogP contribution in [-0.4, -0.2) is 58.6 Å². The Morgan fingerprint density at radius 3 is 1.20 bits per heavy atom. The number of ether oxygens (including phenoxy) is 2. The number of carbonyl (C=O) groups is 2. The molecule has 0 saturated carbocycles.